The number of hydrogen-bond acceptors (Lipinski definition) is 2. The molecular formula is C10H11BrN2O. The molecule has 0 saturated heterocycles. The third-order valence-corrected chi connectivity index (χ3v) is 3.18. The average molecular weight is 255 g/mol. The molecule has 0 aliphatic carbocycles. The predicted octanol–water partition coefficient (Wildman–Crippen LogP) is 2.51. The normalized spacial score (nSPS) is 19.6. The van der Waals surface area contributed by atoms with E-state index >= 15 is 0 Å². The first-order valence-electron chi connectivity index (χ1n) is 4.45. The molecule has 1 aromatic rings. The summed E-state index contributed by atoms with van der Waals surface area (Å²) in [5, 5.41) is 5.99. The second-order valence-corrected chi connectivity index (χ2v) is 4.36. The van der Waals surface area contributed by atoms with Crippen LogP contribution in [-0.2, 0) is 4.79 Å². The number of benzene rings is 1. The Kier molecular flexibility index (Phi) is 2.23. The fourth-order valence-corrected chi connectivity index (χ4v) is 1.79. The highest BCUT2D eigenvalue weighted by atomic mass is 79.9. The molecule has 0 fully saturated rings. The molecule has 0 spiro atoms. The topological polar surface area (TPSA) is 41.1 Å². The van der Waals surface area contributed by atoms with Gasteiger partial charge in [-0.25, -0.2) is 0 Å². The lowest BCUT2D eigenvalue weighted by Crippen LogP contribution is -2.36. The van der Waals surface area contributed by atoms with Crippen molar-refractivity contribution in [2.24, 2.45) is 0 Å². The number of amides is 1. The van der Waals surface area contributed by atoms with E-state index in [4.69, 9.17) is 0 Å². The van der Waals surface area contributed by atoms with Gasteiger partial charge in [0.05, 0.1) is 11.4 Å². The SMILES string of the molecule is Cc1cc2c(cc1Br)N[C@H](C)C(=O)N2. The summed E-state index contributed by atoms with van der Waals surface area (Å²) in [7, 11) is 0. The summed E-state index contributed by atoms with van der Waals surface area (Å²) in [4.78, 5) is 11.4. The van der Waals surface area contributed by atoms with Gasteiger partial charge >= 0.3 is 0 Å². The molecule has 74 valence electrons. The number of nitrogens with one attached hydrogen (secondary N) is 2. The van der Waals surface area contributed by atoms with Crippen LogP contribution in [0, 0.1) is 6.92 Å². The number of fused-ring (bicyclic) bond motifs is 1. The highest BCUT2D eigenvalue weighted by Gasteiger charge is 2.21. The standard InChI is InChI=1S/C10H11BrN2O/c1-5-3-8-9(4-7(5)11)12-6(2)10(14)13-8/h3-4,6,12H,1-2H3,(H,13,14)/t6-/m1/s1. The molecule has 0 aromatic heterocycles. The van der Waals surface area contributed by atoms with Crippen molar-refractivity contribution in [2.75, 3.05) is 10.6 Å². The fourth-order valence-electron chi connectivity index (χ4n) is 1.44. The average Bonchev–Trinajstić information content (AvgIpc) is 2.11. The fraction of sp³-hybridized carbons (Fsp3) is 0.300. The molecule has 0 saturated carbocycles. The molecule has 1 aliphatic rings. The molecule has 1 heterocycles. The third kappa shape index (κ3) is 1.50. The van der Waals surface area contributed by atoms with Gasteiger partial charge in [0.15, 0.2) is 0 Å². The number of rotatable bonds is 0. The van der Waals surface area contributed by atoms with Crippen LogP contribution in [-0.4, -0.2) is 11.9 Å². The van der Waals surface area contributed by atoms with Gasteiger partial charge in [-0.05, 0) is 31.5 Å². The lowest BCUT2D eigenvalue weighted by molar-refractivity contribution is -0.116. The lowest BCUT2D eigenvalue weighted by atomic mass is 10.1. The summed E-state index contributed by atoms with van der Waals surface area (Å²) in [6.07, 6.45) is 0. The van der Waals surface area contributed by atoms with Crippen LogP contribution in [0.25, 0.3) is 0 Å². The van der Waals surface area contributed by atoms with Crippen molar-refractivity contribution in [3.05, 3.63) is 22.2 Å². The first kappa shape index (κ1) is 9.52. The Hall–Kier alpha value is -1.03. The van der Waals surface area contributed by atoms with Crippen molar-refractivity contribution in [3.8, 4) is 0 Å². The number of aryl methyl sites for hydroxylation is 1. The second kappa shape index (κ2) is 3.28. The summed E-state index contributed by atoms with van der Waals surface area (Å²) in [6, 6.07) is 3.77. The zero-order valence-corrected chi connectivity index (χ0v) is 9.60. The van der Waals surface area contributed by atoms with E-state index in [1.807, 2.05) is 26.0 Å². The van der Waals surface area contributed by atoms with Gasteiger partial charge in [0.25, 0.3) is 0 Å². The van der Waals surface area contributed by atoms with Crippen molar-refractivity contribution < 1.29 is 4.79 Å². The third-order valence-electron chi connectivity index (χ3n) is 2.32. The number of halogens is 1. The van der Waals surface area contributed by atoms with Crippen LogP contribution < -0.4 is 10.6 Å². The molecule has 1 atom stereocenters. The molecule has 3 nitrogen and oxygen atoms in total. The minimum atomic E-state index is -0.169. The molecule has 2 rings (SSSR count). The Morgan fingerprint density at radius 2 is 2.07 bits per heavy atom. The van der Waals surface area contributed by atoms with E-state index in [0.29, 0.717) is 0 Å². The van der Waals surface area contributed by atoms with Gasteiger partial charge in [0.1, 0.15) is 6.04 Å². The second-order valence-electron chi connectivity index (χ2n) is 3.50. The van der Waals surface area contributed by atoms with Crippen LogP contribution in [0.2, 0.25) is 0 Å². The van der Waals surface area contributed by atoms with Crippen molar-refractivity contribution >= 4 is 33.2 Å². The van der Waals surface area contributed by atoms with E-state index in [1.54, 1.807) is 0 Å². The van der Waals surface area contributed by atoms with Gasteiger partial charge < -0.3 is 10.6 Å². The number of anilines is 2. The van der Waals surface area contributed by atoms with E-state index in [1.165, 1.54) is 0 Å². The highest BCUT2D eigenvalue weighted by molar-refractivity contribution is 9.10. The highest BCUT2D eigenvalue weighted by Crippen LogP contribution is 2.32. The first-order chi connectivity index (χ1) is 6.58. The molecule has 1 aromatic carbocycles. The molecular weight excluding hydrogens is 244 g/mol. The Morgan fingerprint density at radius 3 is 2.79 bits per heavy atom. The van der Waals surface area contributed by atoms with Crippen LogP contribution in [0.4, 0.5) is 11.4 Å². The zero-order valence-electron chi connectivity index (χ0n) is 8.02. The van der Waals surface area contributed by atoms with Crippen LogP contribution in [0.1, 0.15) is 12.5 Å². The van der Waals surface area contributed by atoms with E-state index in [2.05, 4.69) is 26.6 Å². The predicted molar refractivity (Wildman–Crippen MR) is 60.6 cm³/mol. The van der Waals surface area contributed by atoms with E-state index in [9.17, 15) is 4.79 Å². The minimum absolute atomic E-state index is 0.0132. The summed E-state index contributed by atoms with van der Waals surface area (Å²) in [5.41, 5.74) is 2.93. The van der Waals surface area contributed by atoms with E-state index in [-0.39, 0.29) is 11.9 Å². The van der Waals surface area contributed by atoms with Gasteiger partial charge in [-0.1, -0.05) is 15.9 Å². The number of hydrogen-bond donors (Lipinski definition) is 2. The maximum Gasteiger partial charge on any atom is 0.246 e. The van der Waals surface area contributed by atoms with Crippen molar-refractivity contribution in [2.45, 2.75) is 19.9 Å². The molecule has 1 amide bonds. The van der Waals surface area contributed by atoms with Crippen molar-refractivity contribution in [3.63, 3.8) is 0 Å². The van der Waals surface area contributed by atoms with Gasteiger partial charge in [0.2, 0.25) is 5.91 Å². The summed E-state index contributed by atoms with van der Waals surface area (Å²) < 4.78 is 1.05. The largest absolute Gasteiger partial charge is 0.372 e. The molecule has 0 bridgehead atoms. The van der Waals surface area contributed by atoms with Gasteiger partial charge in [-0.15, -0.1) is 0 Å². The van der Waals surface area contributed by atoms with E-state index < -0.39 is 0 Å². The Balaban J connectivity index is 2.47. The Bertz CT molecular complexity index is 403. The first-order valence-corrected chi connectivity index (χ1v) is 5.25. The van der Waals surface area contributed by atoms with Crippen LogP contribution in [0.15, 0.2) is 16.6 Å². The van der Waals surface area contributed by atoms with Crippen molar-refractivity contribution in [1.29, 1.82) is 0 Å². The van der Waals surface area contributed by atoms with Crippen molar-refractivity contribution in [1.82, 2.24) is 0 Å². The number of carbonyl (C=O) groups excluding carboxylic acids is 1. The van der Waals surface area contributed by atoms with Gasteiger partial charge in [-0.3, -0.25) is 4.79 Å². The zero-order chi connectivity index (χ0) is 10.3. The van der Waals surface area contributed by atoms with Crippen LogP contribution in [0.5, 0.6) is 0 Å². The van der Waals surface area contributed by atoms with E-state index in [0.717, 1.165) is 21.4 Å². The summed E-state index contributed by atoms with van der Waals surface area (Å²) >= 11 is 3.46. The quantitative estimate of drug-likeness (QED) is 0.747. The molecule has 1 aliphatic heterocycles. The molecule has 2 N–H and O–H groups in total. The summed E-state index contributed by atoms with van der Waals surface area (Å²) in [5.74, 6) is 0.0132. The van der Waals surface area contributed by atoms with Gasteiger partial charge in [0, 0.05) is 4.47 Å². The maximum absolute atomic E-state index is 11.4. The molecule has 0 radical (unpaired) electrons. The smallest absolute Gasteiger partial charge is 0.246 e. The summed E-state index contributed by atoms with van der Waals surface area (Å²) in [6.45, 7) is 3.83. The molecule has 14 heavy (non-hydrogen) atoms. The Morgan fingerprint density at radius 1 is 1.36 bits per heavy atom. The van der Waals surface area contributed by atoms with Crippen LogP contribution in [0.3, 0.4) is 0 Å². The lowest BCUT2D eigenvalue weighted by Gasteiger charge is -2.24. The van der Waals surface area contributed by atoms with Crippen LogP contribution >= 0.6 is 15.9 Å². The Labute approximate surface area is 91.0 Å². The monoisotopic (exact) mass is 254 g/mol. The number of carbonyl (C=O) groups is 1. The molecule has 0 unspecified atom stereocenters. The maximum atomic E-state index is 11.4. The molecule has 4 heteroatoms. The van der Waals surface area contributed by atoms with Gasteiger partial charge in [-0.2, -0.15) is 0 Å². The minimum Gasteiger partial charge on any atom is -0.372 e.